The van der Waals surface area contributed by atoms with Crippen molar-refractivity contribution in [1.82, 2.24) is 9.88 Å². The van der Waals surface area contributed by atoms with Gasteiger partial charge in [-0.15, -0.1) is 0 Å². The van der Waals surface area contributed by atoms with Gasteiger partial charge in [-0.1, -0.05) is 55.5 Å². The van der Waals surface area contributed by atoms with Crippen LogP contribution in [0.1, 0.15) is 42.1 Å². The molecule has 0 bridgehead atoms. The van der Waals surface area contributed by atoms with Crippen LogP contribution in [0.3, 0.4) is 0 Å². The number of allylic oxidation sites excluding steroid dienone is 1. The molecule has 0 atom stereocenters. The second-order valence-corrected chi connectivity index (χ2v) is 9.50. The van der Waals surface area contributed by atoms with Gasteiger partial charge in [-0.2, -0.15) is 10.5 Å². The lowest BCUT2D eigenvalue weighted by Crippen LogP contribution is -2.47. The average molecular weight is 487 g/mol. The number of fused-ring (bicyclic) bond motifs is 1. The van der Waals surface area contributed by atoms with E-state index in [1.807, 2.05) is 48.5 Å². The number of likely N-dealkylation sites (tertiary alicyclic amines) is 1. The molecule has 0 unspecified atom stereocenters. The van der Waals surface area contributed by atoms with Crippen LogP contribution in [0.2, 0.25) is 0 Å². The lowest BCUT2D eigenvalue weighted by molar-refractivity contribution is 0.0854. The second-order valence-electron chi connectivity index (χ2n) is 9.50. The van der Waals surface area contributed by atoms with E-state index < -0.39 is 0 Å². The number of aromatic nitrogens is 1. The number of nitrogens with zero attached hydrogens (tertiary/aromatic N) is 3. The molecule has 0 spiro atoms. The Morgan fingerprint density at radius 3 is 2.49 bits per heavy atom. The summed E-state index contributed by atoms with van der Waals surface area (Å²) in [5.41, 5.74) is 7.05. The highest BCUT2D eigenvalue weighted by Crippen LogP contribution is 2.37. The van der Waals surface area contributed by atoms with Gasteiger partial charge in [0.1, 0.15) is 12.4 Å². The summed E-state index contributed by atoms with van der Waals surface area (Å²) in [4.78, 5) is 5.93. The zero-order valence-electron chi connectivity index (χ0n) is 21.1. The third kappa shape index (κ3) is 5.28. The third-order valence-corrected chi connectivity index (χ3v) is 7.06. The lowest BCUT2D eigenvalue weighted by atomic mass is 9.88. The molecule has 0 amide bonds. The van der Waals surface area contributed by atoms with E-state index >= 15 is 0 Å². The van der Waals surface area contributed by atoms with Crippen molar-refractivity contribution >= 4 is 22.0 Å². The molecule has 3 aromatic carbocycles. The van der Waals surface area contributed by atoms with Crippen LogP contribution in [-0.2, 0) is 0 Å². The summed E-state index contributed by atoms with van der Waals surface area (Å²) in [5.74, 6) is 1.35. The van der Waals surface area contributed by atoms with Gasteiger partial charge in [-0.05, 0) is 59.4 Å². The standard InChI is InChI=1S/C32H30N4O/c1-2-28(29-9-5-3-8-26(29)20-34)32(31-19-25-7-4-6-10-30(25)35-31)24-11-13-27(14-12-24)37-18-17-36-21-23(22-36)15-16-33/h3-14,19,23,35H,2,15,17-18,21-22H2,1H3/b32-28+. The topological polar surface area (TPSA) is 75.8 Å². The van der Waals surface area contributed by atoms with E-state index in [1.54, 1.807) is 0 Å². The molecule has 37 heavy (non-hydrogen) atoms. The monoisotopic (exact) mass is 486 g/mol. The minimum atomic E-state index is 0.512. The van der Waals surface area contributed by atoms with Crippen LogP contribution in [0.4, 0.5) is 0 Å². The molecule has 1 aliphatic heterocycles. The van der Waals surface area contributed by atoms with Crippen molar-refractivity contribution in [2.24, 2.45) is 5.92 Å². The first-order chi connectivity index (χ1) is 18.2. The van der Waals surface area contributed by atoms with Crippen molar-refractivity contribution < 1.29 is 4.74 Å². The van der Waals surface area contributed by atoms with Crippen LogP contribution in [0.25, 0.3) is 22.0 Å². The summed E-state index contributed by atoms with van der Waals surface area (Å²) in [7, 11) is 0. The summed E-state index contributed by atoms with van der Waals surface area (Å²) < 4.78 is 6.03. The number of hydrogen-bond acceptors (Lipinski definition) is 4. The van der Waals surface area contributed by atoms with E-state index in [-0.39, 0.29) is 0 Å². The molecule has 1 aromatic heterocycles. The molecule has 4 aromatic rings. The van der Waals surface area contributed by atoms with Crippen molar-refractivity contribution in [1.29, 1.82) is 10.5 Å². The van der Waals surface area contributed by atoms with Gasteiger partial charge in [0.05, 0.1) is 17.7 Å². The summed E-state index contributed by atoms with van der Waals surface area (Å²) in [5, 5.41) is 19.8. The molecule has 1 fully saturated rings. The number of aromatic amines is 1. The van der Waals surface area contributed by atoms with E-state index in [2.05, 4.69) is 59.3 Å². The number of rotatable bonds is 9. The first-order valence-corrected chi connectivity index (χ1v) is 12.8. The van der Waals surface area contributed by atoms with Gasteiger partial charge in [-0.3, -0.25) is 4.90 Å². The molecule has 0 aliphatic carbocycles. The van der Waals surface area contributed by atoms with Gasteiger partial charge in [0, 0.05) is 48.2 Å². The van der Waals surface area contributed by atoms with Crippen LogP contribution in [0, 0.1) is 28.6 Å². The molecule has 184 valence electrons. The molecule has 0 radical (unpaired) electrons. The number of ether oxygens (including phenoxy) is 1. The Morgan fingerprint density at radius 1 is 1.00 bits per heavy atom. The predicted molar refractivity (Wildman–Crippen MR) is 148 cm³/mol. The summed E-state index contributed by atoms with van der Waals surface area (Å²) in [6.45, 7) is 5.60. The summed E-state index contributed by atoms with van der Waals surface area (Å²) >= 11 is 0. The SMILES string of the molecule is CC/C(=C(/c1ccc(OCCN2CC(CC#N)C2)cc1)c1cc2ccccc2[nH]1)c1ccccc1C#N. The van der Waals surface area contributed by atoms with Crippen LogP contribution in [0.15, 0.2) is 78.9 Å². The van der Waals surface area contributed by atoms with Crippen LogP contribution < -0.4 is 4.74 Å². The highest BCUT2D eigenvalue weighted by molar-refractivity contribution is 6.01. The molecule has 5 nitrogen and oxygen atoms in total. The van der Waals surface area contributed by atoms with Crippen LogP contribution in [-0.4, -0.2) is 36.1 Å². The van der Waals surface area contributed by atoms with Gasteiger partial charge < -0.3 is 9.72 Å². The summed E-state index contributed by atoms with van der Waals surface area (Å²) in [6.07, 6.45) is 1.42. The molecule has 5 rings (SSSR count). The molecule has 5 heteroatoms. The molecule has 1 aliphatic rings. The van der Waals surface area contributed by atoms with Crippen LogP contribution >= 0.6 is 0 Å². The zero-order valence-corrected chi connectivity index (χ0v) is 21.1. The average Bonchev–Trinajstić information content (AvgIpc) is 3.34. The van der Waals surface area contributed by atoms with E-state index in [9.17, 15) is 5.26 Å². The van der Waals surface area contributed by atoms with Gasteiger partial charge in [0.25, 0.3) is 0 Å². The van der Waals surface area contributed by atoms with Crippen molar-refractivity contribution in [2.75, 3.05) is 26.2 Å². The van der Waals surface area contributed by atoms with E-state index in [4.69, 9.17) is 10.00 Å². The minimum absolute atomic E-state index is 0.512. The van der Waals surface area contributed by atoms with Crippen molar-refractivity contribution in [3.63, 3.8) is 0 Å². The highest BCUT2D eigenvalue weighted by Gasteiger charge is 2.25. The van der Waals surface area contributed by atoms with E-state index in [0.29, 0.717) is 24.5 Å². The highest BCUT2D eigenvalue weighted by atomic mass is 16.5. The van der Waals surface area contributed by atoms with Crippen LogP contribution in [0.5, 0.6) is 5.75 Å². The second kappa shape index (κ2) is 11.2. The van der Waals surface area contributed by atoms with Crippen molar-refractivity contribution in [3.8, 4) is 17.9 Å². The number of benzene rings is 3. The normalized spacial score (nSPS) is 14.5. The number of H-pyrrole nitrogens is 1. The smallest absolute Gasteiger partial charge is 0.119 e. The maximum Gasteiger partial charge on any atom is 0.119 e. The first kappa shape index (κ1) is 24.4. The van der Waals surface area contributed by atoms with Gasteiger partial charge in [0.15, 0.2) is 0 Å². The Bertz CT molecular complexity index is 1460. The fraction of sp³-hybridized carbons (Fsp3) is 0.250. The Hall–Kier alpha value is -4.32. The maximum absolute atomic E-state index is 9.81. The Balaban J connectivity index is 1.44. The van der Waals surface area contributed by atoms with E-state index in [1.165, 1.54) is 0 Å². The lowest BCUT2D eigenvalue weighted by Gasteiger charge is -2.37. The Kier molecular flexibility index (Phi) is 7.36. The molecule has 0 saturated carbocycles. The predicted octanol–water partition coefficient (Wildman–Crippen LogP) is 6.63. The summed E-state index contributed by atoms with van der Waals surface area (Å²) in [6, 6.07) is 31.2. The van der Waals surface area contributed by atoms with Crippen molar-refractivity contribution in [3.05, 3.63) is 101 Å². The molecule has 2 heterocycles. The number of nitrogens with one attached hydrogen (secondary N) is 1. The van der Waals surface area contributed by atoms with Gasteiger partial charge >= 0.3 is 0 Å². The zero-order chi connectivity index (χ0) is 25.6. The molecular formula is C32H30N4O. The number of para-hydroxylation sites is 1. The maximum atomic E-state index is 9.81. The fourth-order valence-corrected chi connectivity index (χ4v) is 5.17. The molecule has 1 saturated heterocycles. The molecule has 1 N–H and O–H groups in total. The quantitative estimate of drug-likeness (QED) is 0.269. The Morgan fingerprint density at radius 2 is 1.76 bits per heavy atom. The third-order valence-electron chi connectivity index (χ3n) is 7.06. The largest absolute Gasteiger partial charge is 0.492 e. The van der Waals surface area contributed by atoms with Gasteiger partial charge in [0.2, 0.25) is 0 Å². The fourth-order valence-electron chi connectivity index (χ4n) is 5.17. The number of nitriles is 2. The van der Waals surface area contributed by atoms with Crippen molar-refractivity contribution in [2.45, 2.75) is 19.8 Å². The van der Waals surface area contributed by atoms with E-state index in [0.717, 1.165) is 70.7 Å². The Labute approximate surface area is 218 Å². The van der Waals surface area contributed by atoms with Gasteiger partial charge in [-0.25, -0.2) is 0 Å². The minimum Gasteiger partial charge on any atom is -0.492 e. The molecular weight excluding hydrogens is 456 g/mol. The first-order valence-electron chi connectivity index (χ1n) is 12.8. The number of hydrogen-bond donors (Lipinski definition) is 1.